The van der Waals surface area contributed by atoms with Crippen molar-refractivity contribution in [1.29, 1.82) is 5.26 Å². The lowest BCUT2D eigenvalue weighted by Gasteiger charge is -1.99. The van der Waals surface area contributed by atoms with Gasteiger partial charge >= 0.3 is 5.97 Å². The van der Waals surface area contributed by atoms with E-state index in [4.69, 9.17) is 5.26 Å². The van der Waals surface area contributed by atoms with Gasteiger partial charge in [-0.25, -0.2) is 0 Å². The van der Waals surface area contributed by atoms with Crippen molar-refractivity contribution in [1.82, 2.24) is 0 Å². The van der Waals surface area contributed by atoms with Crippen molar-refractivity contribution >= 4 is 5.97 Å². The molecule has 0 amide bonds. The number of esters is 1. The van der Waals surface area contributed by atoms with Crippen molar-refractivity contribution in [3.8, 4) is 6.07 Å². The van der Waals surface area contributed by atoms with Gasteiger partial charge in [-0.15, -0.1) is 0 Å². The van der Waals surface area contributed by atoms with Crippen LogP contribution < -0.4 is 0 Å². The van der Waals surface area contributed by atoms with Gasteiger partial charge in [-0.2, -0.15) is 5.26 Å². The smallest absolute Gasteiger partial charge is 0.309 e. The van der Waals surface area contributed by atoms with Gasteiger partial charge in [0, 0.05) is 6.08 Å². The molecule has 0 aromatic heterocycles. The number of carbonyl (C=O) groups excluding carboxylic acids is 1. The zero-order valence-electron chi connectivity index (χ0n) is 6.76. The van der Waals surface area contributed by atoms with Gasteiger partial charge in [-0.05, 0) is 13.8 Å². The predicted octanol–water partition coefficient (Wildman–Crippen LogP) is 1.41. The molecular formula is C8H11NO2. The van der Waals surface area contributed by atoms with Crippen molar-refractivity contribution < 1.29 is 9.53 Å². The van der Waals surface area contributed by atoms with Gasteiger partial charge in [0.25, 0.3) is 0 Å². The molecule has 0 radical (unpaired) electrons. The molecule has 0 spiro atoms. The lowest BCUT2D eigenvalue weighted by Crippen LogP contribution is -2.03. The highest BCUT2D eigenvalue weighted by molar-refractivity contribution is 5.72. The molecule has 60 valence electrons. The molecule has 0 unspecified atom stereocenters. The second-order valence-electron chi connectivity index (χ2n) is 2.10. The van der Waals surface area contributed by atoms with Crippen molar-refractivity contribution in [3.05, 3.63) is 11.6 Å². The van der Waals surface area contributed by atoms with Gasteiger partial charge < -0.3 is 4.74 Å². The fraction of sp³-hybridized carbons (Fsp3) is 0.500. The molecule has 0 N–H and O–H groups in total. The molecular weight excluding hydrogens is 142 g/mol. The lowest BCUT2D eigenvalue weighted by atomic mass is 10.2. The van der Waals surface area contributed by atoms with Crippen LogP contribution in [0, 0.1) is 11.3 Å². The van der Waals surface area contributed by atoms with Crippen LogP contribution in [-0.2, 0) is 9.53 Å². The fourth-order valence-electron chi connectivity index (χ4n) is 0.601. The van der Waals surface area contributed by atoms with Crippen molar-refractivity contribution in [3.63, 3.8) is 0 Å². The highest BCUT2D eigenvalue weighted by atomic mass is 16.5. The molecule has 0 bridgehead atoms. The van der Waals surface area contributed by atoms with Crippen LogP contribution in [0.2, 0.25) is 0 Å². The summed E-state index contributed by atoms with van der Waals surface area (Å²) in [6, 6.07) is 1.85. The predicted molar refractivity (Wildman–Crippen MR) is 40.6 cm³/mol. The van der Waals surface area contributed by atoms with E-state index in [2.05, 4.69) is 4.74 Å². The van der Waals surface area contributed by atoms with E-state index in [0.717, 1.165) is 5.57 Å². The summed E-state index contributed by atoms with van der Waals surface area (Å²) in [5, 5.41) is 8.20. The van der Waals surface area contributed by atoms with Crippen molar-refractivity contribution in [2.75, 3.05) is 6.61 Å². The molecule has 0 rings (SSSR count). The van der Waals surface area contributed by atoms with Crippen LogP contribution in [0.5, 0.6) is 0 Å². The molecule has 3 heteroatoms. The summed E-state index contributed by atoms with van der Waals surface area (Å²) >= 11 is 0. The SMILES string of the molecule is CCOC(=O)CC(C)=CC#N. The Bertz CT molecular complexity index is 201. The van der Waals surface area contributed by atoms with Crippen LogP contribution in [0.15, 0.2) is 11.6 Å². The summed E-state index contributed by atoms with van der Waals surface area (Å²) in [6.07, 6.45) is 1.55. The van der Waals surface area contributed by atoms with Crippen molar-refractivity contribution in [2.24, 2.45) is 0 Å². The fourth-order valence-corrected chi connectivity index (χ4v) is 0.601. The quantitative estimate of drug-likeness (QED) is 0.455. The van der Waals surface area contributed by atoms with Crippen LogP contribution in [-0.4, -0.2) is 12.6 Å². The number of nitrogens with zero attached hydrogens (tertiary/aromatic N) is 1. The summed E-state index contributed by atoms with van der Waals surface area (Å²) in [5.74, 6) is -0.281. The van der Waals surface area contributed by atoms with Gasteiger partial charge in [0.1, 0.15) is 0 Å². The van der Waals surface area contributed by atoms with Gasteiger partial charge in [-0.3, -0.25) is 4.79 Å². The first-order valence-corrected chi connectivity index (χ1v) is 3.41. The number of carbonyl (C=O) groups is 1. The van der Waals surface area contributed by atoms with Crippen LogP contribution in [0.4, 0.5) is 0 Å². The minimum Gasteiger partial charge on any atom is -0.466 e. The topological polar surface area (TPSA) is 50.1 Å². The zero-order chi connectivity index (χ0) is 8.69. The Hall–Kier alpha value is -1.30. The van der Waals surface area contributed by atoms with E-state index in [1.54, 1.807) is 13.8 Å². The maximum atomic E-state index is 10.8. The number of allylic oxidation sites excluding steroid dienone is 1. The van der Waals surface area contributed by atoms with Gasteiger partial charge in [0.2, 0.25) is 0 Å². The molecule has 0 aromatic rings. The third kappa shape index (κ3) is 5.16. The van der Waals surface area contributed by atoms with Crippen LogP contribution >= 0.6 is 0 Å². The first-order chi connectivity index (χ1) is 5.20. The summed E-state index contributed by atoms with van der Waals surface area (Å²) < 4.78 is 4.67. The average Bonchev–Trinajstić information content (AvgIpc) is 1.87. The van der Waals surface area contributed by atoms with E-state index in [9.17, 15) is 4.79 Å². The van der Waals surface area contributed by atoms with E-state index in [0.29, 0.717) is 6.61 Å². The molecule has 0 saturated carbocycles. The monoisotopic (exact) mass is 153 g/mol. The minimum absolute atomic E-state index is 0.210. The second kappa shape index (κ2) is 5.48. The highest BCUT2D eigenvalue weighted by Crippen LogP contribution is 2.00. The van der Waals surface area contributed by atoms with Gasteiger partial charge in [0.05, 0.1) is 19.1 Å². The maximum absolute atomic E-state index is 10.8. The average molecular weight is 153 g/mol. The Morgan fingerprint density at radius 2 is 2.36 bits per heavy atom. The number of hydrogen-bond donors (Lipinski definition) is 0. The molecule has 0 aliphatic rings. The van der Waals surface area contributed by atoms with E-state index in [1.165, 1.54) is 6.08 Å². The number of hydrogen-bond acceptors (Lipinski definition) is 3. The largest absolute Gasteiger partial charge is 0.466 e. The highest BCUT2D eigenvalue weighted by Gasteiger charge is 2.01. The summed E-state index contributed by atoms with van der Waals surface area (Å²) in [7, 11) is 0. The molecule has 11 heavy (non-hydrogen) atoms. The summed E-state index contributed by atoms with van der Waals surface area (Å²) in [5.41, 5.74) is 0.728. The zero-order valence-corrected chi connectivity index (χ0v) is 6.76. The van der Waals surface area contributed by atoms with Crippen molar-refractivity contribution in [2.45, 2.75) is 20.3 Å². The number of nitriles is 1. The third-order valence-electron chi connectivity index (χ3n) is 1.04. The Morgan fingerprint density at radius 1 is 1.73 bits per heavy atom. The van der Waals surface area contributed by atoms with Crippen LogP contribution in [0.1, 0.15) is 20.3 Å². The van der Waals surface area contributed by atoms with E-state index in [-0.39, 0.29) is 12.4 Å². The normalized spacial score (nSPS) is 10.5. The molecule has 0 aliphatic heterocycles. The number of ether oxygens (including phenoxy) is 1. The minimum atomic E-state index is -0.281. The molecule has 0 aromatic carbocycles. The molecule has 0 aliphatic carbocycles. The van der Waals surface area contributed by atoms with E-state index >= 15 is 0 Å². The molecule has 0 heterocycles. The summed E-state index contributed by atoms with van der Waals surface area (Å²) in [6.45, 7) is 3.86. The lowest BCUT2D eigenvalue weighted by molar-refractivity contribution is -0.142. The second-order valence-corrected chi connectivity index (χ2v) is 2.10. The molecule has 0 saturated heterocycles. The molecule has 0 atom stereocenters. The Morgan fingerprint density at radius 3 is 2.82 bits per heavy atom. The Kier molecular flexibility index (Phi) is 4.83. The van der Waals surface area contributed by atoms with E-state index < -0.39 is 0 Å². The third-order valence-corrected chi connectivity index (χ3v) is 1.04. The van der Waals surface area contributed by atoms with Crippen LogP contribution in [0.25, 0.3) is 0 Å². The standard InChI is InChI=1S/C8H11NO2/c1-3-11-8(10)6-7(2)4-5-9/h4H,3,6H2,1-2H3. The van der Waals surface area contributed by atoms with Crippen LogP contribution in [0.3, 0.4) is 0 Å². The molecule has 0 fully saturated rings. The van der Waals surface area contributed by atoms with Gasteiger partial charge in [-0.1, -0.05) is 5.57 Å². The number of rotatable bonds is 3. The van der Waals surface area contributed by atoms with Gasteiger partial charge in [0.15, 0.2) is 0 Å². The Labute approximate surface area is 66.3 Å². The first kappa shape index (κ1) is 9.70. The maximum Gasteiger partial charge on any atom is 0.309 e. The Balaban J connectivity index is 3.77. The summed E-state index contributed by atoms with van der Waals surface area (Å²) in [4.78, 5) is 10.8. The first-order valence-electron chi connectivity index (χ1n) is 3.41. The van der Waals surface area contributed by atoms with E-state index in [1.807, 2.05) is 6.07 Å². The molecule has 3 nitrogen and oxygen atoms in total.